The highest BCUT2D eigenvalue weighted by atomic mass is 35.5. The van der Waals surface area contributed by atoms with Gasteiger partial charge < -0.3 is 15.5 Å². The van der Waals surface area contributed by atoms with Crippen molar-refractivity contribution in [3.8, 4) is 17.3 Å². The topological polar surface area (TPSA) is 116 Å². The molecule has 0 unspecified atom stereocenters. The first-order valence-electron chi connectivity index (χ1n) is 11.6. The Bertz CT molecular complexity index is 1610. The minimum Gasteiger partial charge on any atom is -0.337 e. The normalized spacial score (nSPS) is 16.2. The van der Waals surface area contributed by atoms with Gasteiger partial charge in [-0.25, -0.2) is 9.97 Å². The summed E-state index contributed by atoms with van der Waals surface area (Å²) in [6.07, 6.45) is 0.631. The minimum atomic E-state index is -4.73. The van der Waals surface area contributed by atoms with Gasteiger partial charge in [-0.05, 0) is 18.2 Å². The van der Waals surface area contributed by atoms with Gasteiger partial charge in [0.25, 0.3) is 5.91 Å². The highest BCUT2D eigenvalue weighted by Crippen LogP contribution is 2.38. The molecular weight excluding hydrogens is 523 g/mol. The zero-order valence-corrected chi connectivity index (χ0v) is 20.4. The van der Waals surface area contributed by atoms with Crippen molar-refractivity contribution in [1.29, 1.82) is 5.26 Å². The van der Waals surface area contributed by atoms with E-state index in [0.29, 0.717) is 24.3 Å². The third kappa shape index (κ3) is 4.02. The van der Waals surface area contributed by atoms with Crippen LogP contribution < -0.4 is 10.6 Å². The third-order valence-electron chi connectivity index (χ3n) is 6.77. The molecule has 2 N–H and O–H groups in total. The lowest BCUT2D eigenvalue weighted by atomic mass is 9.74. The van der Waals surface area contributed by atoms with Crippen LogP contribution in [-0.4, -0.2) is 61.1 Å². The number of anilines is 2. The molecule has 10 nitrogen and oxygen atoms in total. The number of imidazole rings is 1. The van der Waals surface area contributed by atoms with Crippen molar-refractivity contribution in [1.82, 2.24) is 34.4 Å². The highest BCUT2D eigenvalue weighted by molar-refractivity contribution is 6.34. The van der Waals surface area contributed by atoms with Gasteiger partial charge in [0.1, 0.15) is 6.54 Å². The predicted octanol–water partition coefficient (Wildman–Crippen LogP) is 3.58. The summed E-state index contributed by atoms with van der Waals surface area (Å²) in [5.41, 5.74) is 0.186. The fraction of sp³-hybridized carbons (Fsp3) is 0.292. The van der Waals surface area contributed by atoms with Gasteiger partial charge in [-0.3, -0.25) is 13.9 Å². The van der Waals surface area contributed by atoms with E-state index in [1.54, 1.807) is 29.2 Å². The van der Waals surface area contributed by atoms with Gasteiger partial charge in [-0.15, -0.1) is 0 Å². The van der Waals surface area contributed by atoms with Crippen LogP contribution in [0.1, 0.15) is 16.1 Å². The summed E-state index contributed by atoms with van der Waals surface area (Å²) in [4.78, 5) is 23.2. The van der Waals surface area contributed by atoms with Crippen molar-refractivity contribution in [3.63, 3.8) is 0 Å². The van der Waals surface area contributed by atoms with E-state index in [0.717, 1.165) is 17.8 Å². The van der Waals surface area contributed by atoms with Gasteiger partial charge in [0, 0.05) is 55.9 Å². The van der Waals surface area contributed by atoms with Gasteiger partial charge in [0.2, 0.25) is 0 Å². The molecule has 14 heteroatoms. The van der Waals surface area contributed by atoms with Crippen LogP contribution in [0.3, 0.4) is 0 Å². The molecule has 38 heavy (non-hydrogen) atoms. The average Bonchev–Trinajstić information content (AvgIpc) is 3.42. The van der Waals surface area contributed by atoms with Crippen LogP contribution in [0.4, 0.5) is 24.7 Å². The largest absolute Gasteiger partial charge is 0.435 e. The number of amides is 1. The number of nitriles is 1. The molecule has 0 radical (unpaired) electrons. The molecule has 5 heterocycles. The second kappa shape index (κ2) is 8.71. The van der Waals surface area contributed by atoms with E-state index in [1.807, 2.05) is 0 Å². The molecule has 3 aromatic heterocycles. The molecule has 194 valence electrons. The van der Waals surface area contributed by atoms with Crippen LogP contribution in [0.2, 0.25) is 5.02 Å². The smallest absolute Gasteiger partial charge is 0.337 e. The average molecular weight is 542 g/mol. The van der Waals surface area contributed by atoms with Gasteiger partial charge >= 0.3 is 6.18 Å². The Morgan fingerprint density at radius 2 is 2.05 bits per heavy atom. The van der Waals surface area contributed by atoms with Crippen LogP contribution in [0.5, 0.6) is 0 Å². The van der Waals surface area contributed by atoms with Crippen LogP contribution >= 0.6 is 11.6 Å². The first kappa shape index (κ1) is 24.2. The van der Waals surface area contributed by atoms with Crippen molar-refractivity contribution >= 4 is 34.7 Å². The van der Waals surface area contributed by atoms with Crippen LogP contribution in [0.15, 0.2) is 43.0 Å². The Hall–Kier alpha value is -4.15. The lowest BCUT2D eigenvalue weighted by molar-refractivity contribution is -0.141. The van der Waals surface area contributed by atoms with Crippen molar-refractivity contribution in [2.75, 3.05) is 31.5 Å². The third-order valence-corrected chi connectivity index (χ3v) is 7.08. The molecule has 2 aliphatic rings. The first-order chi connectivity index (χ1) is 18.2. The minimum absolute atomic E-state index is 0.130. The van der Waals surface area contributed by atoms with Gasteiger partial charge in [0.05, 0.1) is 34.1 Å². The summed E-state index contributed by atoms with van der Waals surface area (Å²) >= 11 is 6.45. The second-order valence-electron chi connectivity index (χ2n) is 9.44. The number of benzene rings is 1. The van der Waals surface area contributed by atoms with Crippen LogP contribution in [0.25, 0.3) is 16.9 Å². The Labute approximate surface area is 218 Å². The molecule has 1 amide bonds. The number of hydrogen-bond donors (Lipinski definition) is 2. The molecule has 2 aliphatic heterocycles. The fourth-order valence-electron chi connectivity index (χ4n) is 4.86. The highest BCUT2D eigenvalue weighted by Gasteiger charge is 2.49. The van der Waals surface area contributed by atoms with Gasteiger partial charge in [-0.1, -0.05) is 11.6 Å². The van der Waals surface area contributed by atoms with E-state index >= 15 is 0 Å². The molecule has 2 saturated heterocycles. The van der Waals surface area contributed by atoms with E-state index in [9.17, 15) is 18.0 Å². The van der Waals surface area contributed by atoms with Crippen molar-refractivity contribution < 1.29 is 18.0 Å². The number of alkyl halides is 3. The molecule has 1 spiro atoms. The number of carbonyl (C=O) groups excluding carboxylic acids is 1. The first-order valence-corrected chi connectivity index (χ1v) is 12.0. The SMILES string of the molecule is N#CCn1cc(-c2cnc3c(Nc4ccc(C(=O)N5CC6(CNC6)C5)c(Cl)c4)nccn23)c(C(F)(F)F)n1. The Balaban J connectivity index is 1.27. The lowest BCUT2D eigenvalue weighted by Gasteiger charge is -2.56. The Morgan fingerprint density at radius 3 is 2.71 bits per heavy atom. The van der Waals surface area contributed by atoms with Crippen molar-refractivity contribution in [2.45, 2.75) is 12.7 Å². The van der Waals surface area contributed by atoms with Crippen molar-refractivity contribution in [3.05, 3.63) is 59.3 Å². The summed E-state index contributed by atoms with van der Waals surface area (Å²) in [6, 6.07) is 6.70. The molecule has 0 saturated carbocycles. The number of rotatable bonds is 5. The number of halogens is 4. The molecule has 4 aromatic rings. The Kier molecular flexibility index (Phi) is 5.55. The number of fused-ring (bicyclic) bond motifs is 1. The fourth-order valence-corrected chi connectivity index (χ4v) is 5.12. The Morgan fingerprint density at radius 1 is 1.26 bits per heavy atom. The van der Waals surface area contributed by atoms with Crippen molar-refractivity contribution in [2.24, 2.45) is 5.41 Å². The maximum absolute atomic E-state index is 13.7. The number of likely N-dealkylation sites (tertiary alicyclic amines) is 1. The monoisotopic (exact) mass is 541 g/mol. The molecule has 1 aromatic carbocycles. The lowest BCUT2D eigenvalue weighted by Crippen LogP contribution is -2.71. The molecular formula is C24H19ClF3N9O. The number of hydrogen-bond acceptors (Lipinski definition) is 7. The molecule has 0 bridgehead atoms. The van der Waals surface area contributed by atoms with E-state index in [4.69, 9.17) is 16.9 Å². The number of carbonyl (C=O) groups is 1. The summed E-state index contributed by atoms with van der Waals surface area (Å²) in [5, 5.41) is 19.0. The van der Waals surface area contributed by atoms with Crippen LogP contribution in [0, 0.1) is 16.7 Å². The number of nitrogens with zero attached hydrogens (tertiary/aromatic N) is 7. The maximum atomic E-state index is 13.7. The molecule has 2 fully saturated rings. The maximum Gasteiger partial charge on any atom is 0.435 e. The summed E-state index contributed by atoms with van der Waals surface area (Å²) in [7, 11) is 0. The van der Waals surface area contributed by atoms with E-state index in [1.165, 1.54) is 29.2 Å². The molecule has 0 aliphatic carbocycles. The molecule has 6 rings (SSSR count). The quantitative estimate of drug-likeness (QED) is 0.397. The summed E-state index contributed by atoms with van der Waals surface area (Å²) in [5.74, 6) is 0.142. The second-order valence-corrected chi connectivity index (χ2v) is 9.85. The van der Waals surface area contributed by atoms with E-state index in [-0.39, 0.29) is 45.6 Å². The number of aromatic nitrogens is 5. The van der Waals surface area contributed by atoms with E-state index in [2.05, 4.69) is 25.7 Å². The van der Waals surface area contributed by atoms with Gasteiger partial charge in [-0.2, -0.15) is 23.5 Å². The van der Waals surface area contributed by atoms with E-state index < -0.39 is 11.9 Å². The zero-order chi connectivity index (χ0) is 26.7. The molecule has 0 atom stereocenters. The summed E-state index contributed by atoms with van der Waals surface area (Å²) < 4.78 is 43.4. The predicted molar refractivity (Wildman–Crippen MR) is 131 cm³/mol. The van der Waals surface area contributed by atoms with Crippen LogP contribution in [-0.2, 0) is 12.7 Å². The number of nitrogens with one attached hydrogen (secondary N) is 2. The van der Waals surface area contributed by atoms with Gasteiger partial charge in [0.15, 0.2) is 17.2 Å². The zero-order valence-electron chi connectivity index (χ0n) is 19.6. The standard InChI is InChI=1S/C24H19ClF3N9O/c25-17-7-14(1-2-15(17)22(38)35-12-23(13-35)10-30-11-23)33-20-21-32-8-18(37(21)6-4-31-20)16-9-36(5-3-29)34-19(16)24(26,27)28/h1-2,4,6-9,30H,5,10-13H2,(H,31,33). The summed E-state index contributed by atoms with van der Waals surface area (Å²) in [6.45, 7) is 2.91.